The second kappa shape index (κ2) is 6.79. The summed E-state index contributed by atoms with van der Waals surface area (Å²) in [5, 5.41) is 7.22. The van der Waals surface area contributed by atoms with Crippen LogP contribution in [0.3, 0.4) is 0 Å². The molecule has 29 heavy (non-hydrogen) atoms. The Kier molecular flexibility index (Phi) is 4.23. The number of rotatable bonds is 2. The second-order valence-corrected chi connectivity index (χ2v) is 7.91. The highest BCUT2D eigenvalue weighted by molar-refractivity contribution is 6.02. The largest absolute Gasteiger partial charge is 0.493 e. The lowest BCUT2D eigenvalue weighted by Crippen LogP contribution is -2.59. The minimum Gasteiger partial charge on any atom is -0.493 e. The van der Waals surface area contributed by atoms with E-state index in [1.807, 2.05) is 35.2 Å². The fourth-order valence-corrected chi connectivity index (χ4v) is 4.74. The number of hydrogen-bond acceptors (Lipinski definition) is 5. The maximum atomic E-state index is 11.9. The minimum atomic E-state index is -0.561. The Morgan fingerprint density at radius 1 is 1.14 bits per heavy atom. The molecule has 6 heteroatoms. The molecule has 5 rings (SSSR count). The summed E-state index contributed by atoms with van der Waals surface area (Å²) in [5.74, 6) is 1.68. The minimum absolute atomic E-state index is 0.105. The maximum Gasteiger partial charge on any atom is 0.219 e. The van der Waals surface area contributed by atoms with E-state index in [0.29, 0.717) is 25.9 Å². The van der Waals surface area contributed by atoms with Crippen molar-refractivity contribution in [2.75, 3.05) is 20.2 Å². The maximum absolute atomic E-state index is 11.9. The highest BCUT2D eigenvalue weighted by Gasteiger charge is 2.52. The van der Waals surface area contributed by atoms with E-state index in [0.717, 1.165) is 34.8 Å². The number of methoxy groups -OCH3 is 1. The van der Waals surface area contributed by atoms with Gasteiger partial charge in [0.2, 0.25) is 11.6 Å². The number of piperidine rings is 1. The molecule has 3 heterocycles. The lowest BCUT2D eigenvalue weighted by atomic mass is 9.90. The van der Waals surface area contributed by atoms with Gasteiger partial charge < -0.3 is 14.4 Å². The zero-order chi connectivity index (χ0) is 20.0. The molecule has 2 aromatic rings. The molecule has 0 N–H and O–H groups in total. The van der Waals surface area contributed by atoms with E-state index in [2.05, 4.69) is 23.2 Å². The first kappa shape index (κ1) is 18.0. The molecule has 0 bridgehead atoms. The van der Waals surface area contributed by atoms with Gasteiger partial charge >= 0.3 is 0 Å². The molecule has 0 radical (unpaired) electrons. The molecule has 0 aliphatic carbocycles. The molecule has 0 unspecified atom stereocenters. The van der Waals surface area contributed by atoms with Crippen molar-refractivity contribution in [1.82, 2.24) is 9.91 Å². The molecule has 1 amide bonds. The van der Waals surface area contributed by atoms with E-state index in [-0.39, 0.29) is 11.9 Å². The van der Waals surface area contributed by atoms with Gasteiger partial charge in [0.1, 0.15) is 0 Å². The summed E-state index contributed by atoms with van der Waals surface area (Å²) in [6, 6.07) is 16.5. The topological polar surface area (TPSA) is 54.4 Å². The number of carbonyl (C=O) groups excluding carboxylic acids is 1. The summed E-state index contributed by atoms with van der Waals surface area (Å²) in [6.45, 7) is 2.96. The number of fused-ring (bicyclic) bond motifs is 4. The molecule has 1 fully saturated rings. The van der Waals surface area contributed by atoms with Crippen molar-refractivity contribution >= 4 is 11.6 Å². The van der Waals surface area contributed by atoms with Gasteiger partial charge in [-0.3, -0.25) is 4.79 Å². The summed E-state index contributed by atoms with van der Waals surface area (Å²) >= 11 is 0. The molecule has 3 aliphatic heterocycles. The van der Waals surface area contributed by atoms with Gasteiger partial charge in [0.15, 0.2) is 11.5 Å². The van der Waals surface area contributed by atoms with E-state index < -0.39 is 5.72 Å². The molecule has 6 nitrogen and oxygen atoms in total. The highest BCUT2D eigenvalue weighted by atomic mass is 16.5. The molecular formula is C23H25N3O3. The Labute approximate surface area is 170 Å². The van der Waals surface area contributed by atoms with Crippen molar-refractivity contribution in [1.29, 1.82) is 0 Å². The van der Waals surface area contributed by atoms with E-state index in [1.165, 1.54) is 0 Å². The second-order valence-electron chi connectivity index (χ2n) is 7.91. The van der Waals surface area contributed by atoms with Gasteiger partial charge in [0.05, 0.1) is 18.9 Å². The van der Waals surface area contributed by atoms with Crippen molar-refractivity contribution in [3.63, 3.8) is 0 Å². The van der Waals surface area contributed by atoms with Gasteiger partial charge in [-0.25, -0.2) is 5.01 Å². The third kappa shape index (κ3) is 2.85. The predicted molar refractivity (Wildman–Crippen MR) is 110 cm³/mol. The average Bonchev–Trinajstić information content (AvgIpc) is 3.21. The Hall–Kier alpha value is -3.02. The molecule has 1 spiro atoms. The molecular weight excluding hydrogens is 366 g/mol. The first-order valence-corrected chi connectivity index (χ1v) is 10.1. The number of amides is 1. The van der Waals surface area contributed by atoms with Crippen LogP contribution < -0.4 is 9.47 Å². The number of carbonyl (C=O) groups is 1. The van der Waals surface area contributed by atoms with E-state index in [4.69, 9.17) is 14.6 Å². The first-order chi connectivity index (χ1) is 14.1. The zero-order valence-electron chi connectivity index (χ0n) is 16.8. The Bertz CT molecular complexity index is 965. The summed E-state index contributed by atoms with van der Waals surface area (Å²) in [7, 11) is 1.68. The number of para-hydroxylation sites is 1. The van der Waals surface area contributed by atoms with Gasteiger partial charge in [-0.05, 0) is 11.6 Å². The standard InChI is InChI=1S/C23H25N3O3/c1-16(27)25-13-11-23(12-14-25)26-20(15-19(24-26)17-7-4-3-5-8-17)18-9-6-10-21(28-2)22(18)29-23/h3-10,20H,11-15H2,1-2H3/t20-/m0/s1. The number of hydrogen-bond donors (Lipinski definition) is 0. The summed E-state index contributed by atoms with van der Waals surface area (Å²) in [4.78, 5) is 13.7. The van der Waals surface area contributed by atoms with Crippen LogP contribution in [-0.4, -0.2) is 47.5 Å². The number of benzene rings is 2. The molecule has 1 saturated heterocycles. The zero-order valence-corrected chi connectivity index (χ0v) is 16.8. The van der Waals surface area contributed by atoms with Crippen LogP contribution in [0.25, 0.3) is 0 Å². The van der Waals surface area contributed by atoms with Gasteiger partial charge in [0.25, 0.3) is 0 Å². The third-order valence-corrected chi connectivity index (χ3v) is 6.31. The van der Waals surface area contributed by atoms with Gasteiger partial charge in [-0.1, -0.05) is 42.5 Å². The third-order valence-electron chi connectivity index (χ3n) is 6.31. The molecule has 150 valence electrons. The van der Waals surface area contributed by atoms with Gasteiger partial charge in [0, 0.05) is 44.8 Å². The van der Waals surface area contributed by atoms with Crippen molar-refractivity contribution in [2.24, 2.45) is 5.10 Å². The SMILES string of the molecule is COc1cccc2c1OC1(CCN(C(C)=O)CC1)N1N=C(c3ccccc3)C[C@@H]21. The molecule has 0 saturated carbocycles. The van der Waals surface area contributed by atoms with Crippen LogP contribution in [0, 0.1) is 0 Å². The van der Waals surface area contributed by atoms with Crippen LogP contribution in [0.2, 0.25) is 0 Å². The molecule has 3 aliphatic rings. The molecule has 0 aromatic heterocycles. The number of likely N-dealkylation sites (tertiary alicyclic amines) is 1. The Balaban J connectivity index is 1.58. The number of ether oxygens (including phenoxy) is 2. The van der Waals surface area contributed by atoms with Gasteiger partial charge in [-0.2, -0.15) is 5.10 Å². The quantitative estimate of drug-likeness (QED) is 0.785. The molecule has 2 aromatic carbocycles. The predicted octanol–water partition coefficient (Wildman–Crippen LogP) is 3.58. The van der Waals surface area contributed by atoms with Crippen molar-refractivity contribution < 1.29 is 14.3 Å². The van der Waals surface area contributed by atoms with Gasteiger partial charge in [-0.15, -0.1) is 0 Å². The van der Waals surface area contributed by atoms with Crippen molar-refractivity contribution in [2.45, 2.75) is 38.0 Å². The fourth-order valence-electron chi connectivity index (χ4n) is 4.74. The Morgan fingerprint density at radius 2 is 1.90 bits per heavy atom. The average molecular weight is 391 g/mol. The van der Waals surface area contributed by atoms with E-state index in [1.54, 1.807) is 14.0 Å². The first-order valence-electron chi connectivity index (χ1n) is 10.1. The Morgan fingerprint density at radius 3 is 2.59 bits per heavy atom. The number of hydrazone groups is 1. The summed E-state index contributed by atoms with van der Waals surface area (Å²) in [6.07, 6.45) is 2.25. The summed E-state index contributed by atoms with van der Waals surface area (Å²) in [5.41, 5.74) is 2.76. The smallest absolute Gasteiger partial charge is 0.219 e. The fraction of sp³-hybridized carbons (Fsp3) is 0.391. The monoisotopic (exact) mass is 391 g/mol. The van der Waals surface area contributed by atoms with Crippen LogP contribution in [0.1, 0.15) is 43.4 Å². The van der Waals surface area contributed by atoms with E-state index >= 15 is 0 Å². The summed E-state index contributed by atoms with van der Waals surface area (Å²) < 4.78 is 12.3. The highest BCUT2D eigenvalue weighted by Crippen LogP contribution is 2.52. The van der Waals surface area contributed by atoms with Crippen LogP contribution in [0.15, 0.2) is 53.6 Å². The van der Waals surface area contributed by atoms with Crippen LogP contribution in [0.5, 0.6) is 11.5 Å². The van der Waals surface area contributed by atoms with Crippen molar-refractivity contribution in [3.05, 3.63) is 59.7 Å². The lowest BCUT2D eigenvalue weighted by Gasteiger charge is -2.51. The van der Waals surface area contributed by atoms with Crippen molar-refractivity contribution in [3.8, 4) is 11.5 Å². The van der Waals surface area contributed by atoms with E-state index in [9.17, 15) is 4.79 Å². The van der Waals surface area contributed by atoms with Crippen LogP contribution in [0.4, 0.5) is 0 Å². The molecule has 1 atom stereocenters. The lowest BCUT2D eigenvalue weighted by molar-refractivity contribution is -0.159. The number of nitrogens with zero attached hydrogens (tertiary/aromatic N) is 3. The van der Waals surface area contributed by atoms with Crippen LogP contribution >= 0.6 is 0 Å². The normalized spacial score (nSPS) is 21.9. The van der Waals surface area contributed by atoms with Crippen LogP contribution in [-0.2, 0) is 4.79 Å².